The Balaban J connectivity index is 2.36. The molecule has 0 spiro atoms. The minimum atomic E-state index is -0.381. The Labute approximate surface area is 111 Å². The number of nitrogens with one attached hydrogen (secondary N) is 2. The molecule has 100 valence electrons. The van der Waals surface area contributed by atoms with Crippen LogP contribution in [0.3, 0.4) is 0 Å². The van der Waals surface area contributed by atoms with Gasteiger partial charge < -0.3 is 0 Å². The molecule has 8 heteroatoms. The number of aromatic nitrogens is 2. The average Bonchev–Trinajstić information content (AvgIpc) is 2.74. The van der Waals surface area contributed by atoms with Gasteiger partial charge in [-0.05, 0) is 18.6 Å². The lowest BCUT2D eigenvalue weighted by molar-refractivity contribution is 0.0957. The van der Waals surface area contributed by atoms with E-state index in [1.165, 1.54) is 28.2 Å². The van der Waals surface area contributed by atoms with Gasteiger partial charge in [0, 0.05) is 17.0 Å². The van der Waals surface area contributed by atoms with E-state index in [0.29, 0.717) is 4.88 Å². The van der Waals surface area contributed by atoms with Crippen molar-refractivity contribution in [1.82, 2.24) is 15.2 Å². The average molecular weight is 280 g/mol. The molecule has 7 nitrogen and oxygen atoms in total. The number of rotatable bonds is 3. The third kappa shape index (κ3) is 2.80. The number of nitrogen functional groups attached to an aromatic ring is 1. The second-order valence-electron chi connectivity index (χ2n) is 3.90. The number of hydrazine groups is 1. The van der Waals surface area contributed by atoms with Crippen LogP contribution < -0.4 is 22.4 Å². The molecule has 0 fully saturated rings. The first-order valence-electron chi connectivity index (χ1n) is 5.41. The molecule has 0 aliphatic heterocycles. The van der Waals surface area contributed by atoms with Crippen molar-refractivity contribution in [2.24, 2.45) is 5.84 Å². The van der Waals surface area contributed by atoms with Gasteiger partial charge in [0.2, 0.25) is 0 Å². The van der Waals surface area contributed by atoms with E-state index in [4.69, 9.17) is 5.84 Å². The zero-order valence-electron chi connectivity index (χ0n) is 10.1. The lowest BCUT2D eigenvalue weighted by Gasteiger charge is -2.03. The molecular weight excluding hydrogens is 268 g/mol. The normalized spacial score (nSPS) is 10.4. The van der Waals surface area contributed by atoms with Gasteiger partial charge in [-0.1, -0.05) is 0 Å². The number of carbonyl (C=O) groups excluding carboxylic acids is 1. The monoisotopic (exact) mass is 280 g/mol. The van der Waals surface area contributed by atoms with Crippen LogP contribution in [-0.2, 0) is 6.54 Å². The topological polar surface area (TPSA) is 110 Å². The molecule has 4 N–H and O–H groups in total. The molecule has 2 heterocycles. The van der Waals surface area contributed by atoms with Gasteiger partial charge in [0.15, 0.2) is 0 Å². The lowest BCUT2D eigenvalue weighted by atomic mass is 10.2. The van der Waals surface area contributed by atoms with Crippen LogP contribution in [0.15, 0.2) is 27.8 Å². The fraction of sp³-hybridized carbons (Fsp3) is 0.182. The highest BCUT2D eigenvalue weighted by Gasteiger charge is 2.12. The van der Waals surface area contributed by atoms with Crippen molar-refractivity contribution in [3.8, 4) is 0 Å². The number of thiophene rings is 1. The van der Waals surface area contributed by atoms with Crippen molar-refractivity contribution in [2.45, 2.75) is 13.5 Å². The molecule has 0 saturated heterocycles. The third-order valence-electron chi connectivity index (χ3n) is 2.59. The SMILES string of the molecule is Cc1sc(C(=O)NN)cc1Cn1[nH]c(=O)ccc1=O. The van der Waals surface area contributed by atoms with Gasteiger partial charge in [-0.2, -0.15) is 0 Å². The van der Waals surface area contributed by atoms with Gasteiger partial charge in [0.1, 0.15) is 0 Å². The van der Waals surface area contributed by atoms with Crippen LogP contribution in [0.25, 0.3) is 0 Å². The highest BCUT2D eigenvalue weighted by Crippen LogP contribution is 2.21. The van der Waals surface area contributed by atoms with Gasteiger partial charge in [0.25, 0.3) is 17.0 Å². The first-order chi connectivity index (χ1) is 9.01. The summed E-state index contributed by atoms with van der Waals surface area (Å²) in [5.74, 6) is 4.68. The maximum atomic E-state index is 11.6. The first-order valence-corrected chi connectivity index (χ1v) is 6.23. The Morgan fingerprint density at radius 3 is 2.89 bits per heavy atom. The number of aryl methyl sites for hydroxylation is 1. The van der Waals surface area contributed by atoms with E-state index in [-0.39, 0.29) is 23.6 Å². The van der Waals surface area contributed by atoms with Crippen LogP contribution in [0, 0.1) is 6.92 Å². The van der Waals surface area contributed by atoms with Crippen LogP contribution >= 0.6 is 11.3 Å². The van der Waals surface area contributed by atoms with Gasteiger partial charge >= 0.3 is 0 Å². The Morgan fingerprint density at radius 2 is 2.21 bits per heavy atom. The molecule has 0 aliphatic carbocycles. The molecule has 2 rings (SSSR count). The Bertz CT molecular complexity index is 728. The zero-order valence-corrected chi connectivity index (χ0v) is 10.9. The first kappa shape index (κ1) is 13.2. The molecule has 0 bridgehead atoms. The highest BCUT2D eigenvalue weighted by molar-refractivity contribution is 7.14. The number of nitrogens with zero attached hydrogens (tertiary/aromatic N) is 1. The summed E-state index contributed by atoms with van der Waals surface area (Å²) in [4.78, 5) is 35.5. The van der Waals surface area contributed by atoms with E-state index in [0.717, 1.165) is 10.4 Å². The summed E-state index contributed by atoms with van der Waals surface area (Å²) in [5, 5.41) is 2.43. The van der Waals surface area contributed by atoms with Crippen molar-refractivity contribution in [2.75, 3.05) is 0 Å². The Hall–Kier alpha value is -2.19. The zero-order chi connectivity index (χ0) is 14.0. The van der Waals surface area contributed by atoms with Crippen molar-refractivity contribution >= 4 is 17.2 Å². The third-order valence-corrected chi connectivity index (χ3v) is 3.68. The second-order valence-corrected chi connectivity index (χ2v) is 5.16. The second kappa shape index (κ2) is 5.21. The van der Waals surface area contributed by atoms with Gasteiger partial charge in [-0.3, -0.25) is 24.9 Å². The van der Waals surface area contributed by atoms with Crippen molar-refractivity contribution in [3.05, 3.63) is 54.2 Å². The summed E-state index contributed by atoms with van der Waals surface area (Å²) in [6.45, 7) is 2.04. The van der Waals surface area contributed by atoms with E-state index < -0.39 is 0 Å². The lowest BCUT2D eigenvalue weighted by Crippen LogP contribution is -2.29. The number of H-pyrrole nitrogens is 1. The van der Waals surface area contributed by atoms with Crippen molar-refractivity contribution in [3.63, 3.8) is 0 Å². The summed E-state index contributed by atoms with van der Waals surface area (Å²) in [5.41, 5.74) is 2.17. The van der Waals surface area contributed by atoms with Gasteiger partial charge in [-0.25, -0.2) is 10.5 Å². The largest absolute Gasteiger partial charge is 0.289 e. The van der Waals surface area contributed by atoms with E-state index in [1.54, 1.807) is 6.07 Å². The molecule has 0 aromatic carbocycles. The number of carbonyl (C=O) groups is 1. The quantitative estimate of drug-likeness (QED) is 0.402. The minimum Gasteiger partial charge on any atom is -0.289 e. The predicted octanol–water partition coefficient (Wildman–Crippen LogP) is -0.442. The molecule has 0 aliphatic rings. The molecule has 0 radical (unpaired) electrons. The molecule has 0 atom stereocenters. The number of amides is 1. The molecule has 2 aromatic heterocycles. The fourth-order valence-corrected chi connectivity index (χ4v) is 2.55. The van der Waals surface area contributed by atoms with Gasteiger partial charge in [-0.15, -0.1) is 11.3 Å². The van der Waals surface area contributed by atoms with Crippen molar-refractivity contribution in [1.29, 1.82) is 0 Å². The van der Waals surface area contributed by atoms with Crippen LogP contribution in [0.1, 0.15) is 20.1 Å². The Kier molecular flexibility index (Phi) is 3.63. The number of nitrogens with two attached hydrogens (primary N) is 1. The predicted molar refractivity (Wildman–Crippen MR) is 71.1 cm³/mol. The maximum absolute atomic E-state index is 11.6. The van der Waals surface area contributed by atoms with Crippen LogP contribution in [-0.4, -0.2) is 15.7 Å². The van der Waals surface area contributed by atoms with Gasteiger partial charge in [0.05, 0.1) is 11.4 Å². The molecule has 19 heavy (non-hydrogen) atoms. The van der Waals surface area contributed by atoms with Crippen LogP contribution in [0.4, 0.5) is 0 Å². The molecule has 2 aromatic rings. The Morgan fingerprint density at radius 1 is 1.47 bits per heavy atom. The van der Waals surface area contributed by atoms with E-state index in [9.17, 15) is 14.4 Å². The summed E-state index contributed by atoms with van der Waals surface area (Å²) < 4.78 is 1.20. The van der Waals surface area contributed by atoms with Crippen molar-refractivity contribution < 1.29 is 4.79 Å². The highest BCUT2D eigenvalue weighted by atomic mass is 32.1. The van der Waals surface area contributed by atoms with Crippen LogP contribution in [0.5, 0.6) is 0 Å². The minimum absolute atomic E-state index is 0.203. The summed E-state index contributed by atoms with van der Waals surface area (Å²) >= 11 is 1.28. The molecule has 1 amide bonds. The smallest absolute Gasteiger partial charge is 0.275 e. The maximum Gasteiger partial charge on any atom is 0.275 e. The number of aromatic amines is 1. The van der Waals surface area contributed by atoms with E-state index >= 15 is 0 Å². The standard InChI is InChI=1S/C11H12N4O3S/c1-6-7(4-8(19-6)11(18)13-12)5-15-10(17)3-2-9(16)14-15/h2-4H,5,12H2,1H3,(H,13,18)(H,14,16). The summed E-state index contributed by atoms with van der Waals surface area (Å²) in [7, 11) is 0. The summed E-state index contributed by atoms with van der Waals surface area (Å²) in [6, 6.07) is 4.03. The molecule has 0 saturated carbocycles. The summed E-state index contributed by atoms with van der Waals surface area (Å²) in [6.07, 6.45) is 0. The van der Waals surface area contributed by atoms with E-state index in [2.05, 4.69) is 10.5 Å². The molecular formula is C11H12N4O3S. The number of hydrogen-bond donors (Lipinski definition) is 3. The number of hydrogen-bond acceptors (Lipinski definition) is 5. The van der Waals surface area contributed by atoms with E-state index in [1.807, 2.05) is 6.92 Å². The fourth-order valence-electron chi connectivity index (χ4n) is 1.61. The van der Waals surface area contributed by atoms with Crippen LogP contribution in [0.2, 0.25) is 0 Å². The molecule has 0 unspecified atom stereocenters.